The highest BCUT2D eigenvalue weighted by Crippen LogP contribution is 2.59. The number of nitriles is 1. The van der Waals surface area contributed by atoms with Crippen LogP contribution < -0.4 is 5.56 Å². The van der Waals surface area contributed by atoms with Crippen molar-refractivity contribution < 1.29 is 0 Å². The first-order chi connectivity index (χ1) is 8.59. The van der Waals surface area contributed by atoms with Gasteiger partial charge in [0.25, 0.3) is 5.56 Å². The maximum atomic E-state index is 11.8. The lowest BCUT2D eigenvalue weighted by Crippen LogP contribution is -2.31. The van der Waals surface area contributed by atoms with Gasteiger partial charge in [-0.15, -0.1) is 11.6 Å². The highest BCUT2D eigenvalue weighted by atomic mass is 35.5. The molecule has 0 spiro atoms. The van der Waals surface area contributed by atoms with Crippen molar-refractivity contribution in [1.29, 1.82) is 5.26 Å². The molecular formula is C11H8Cl2N4O. The van der Waals surface area contributed by atoms with E-state index in [-0.39, 0.29) is 16.5 Å². The highest BCUT2D eigenvalue weighted by Gasteiger charge is 2.56. The van der Waals surface area contributed by atoms with Crippen molar-refractivity contribution in [1.82, 2.24) is 9.97 Å². The largest absolute Gasteiger partial charge is 0.313 e. The van der Waals surface area contributed by atoms with E-state index in [2.05, 4.69) is 21.0 Å². The minimum absolute atomic E-state index is 0.244. The van der Waals surface area contributed by atoms with Crippen molar-refractivity contribution in [2.45, 2.75) is 18.2 Å². The third-order valence-corrected chi connectivity index (χ3v) is 4.30. The number of nitrogens with zero attached hydrogens (tertiary/aromatic N) is 3. The van der Waals surface area contributed by atoms with Crippen molar-refractivity contribution in [3.8, 4) is 6.07 Å². The summed E-state index contributed by atoms with van der Waals surface area (Å²) in [6, 6.07) is 2.25. The first-order valence-electron chi connectivity index (χ1n) is 5.46. The number of fused-ring (bicyclic) bond motifs is 1. The van der Waals surface area contributed by atoms with Crippen LogP contribution in [0.25, 0.3) is 0 Å². The van der Waals surface area contributed by atoms with Crippen molar-refractivity contribution in [3.63, 3.8) is 0 Å². The van der Waals surface area contributed by atoms with Crippen LogP contribution in [0, 0.1) is 22.7 Å². The Balaban J connectivity index is 2.17. The van der Waals surface area contributed by atoms with Gasteiger partial charge in [-0.05, 0) is 12.8 Å². The van der Waals surface area contributed by atoms with E-state index in [1.807, 2.05) is 0 Å². The van der Waals surface area contributed by atoms with Gasteiger partial charge in [0.15, 0.2) is 5.82 Å². The lowest BCUT2D eigenvalue weighted by atomic mass is 9.84. The van der Waals surface area contributed by atoms with Gasteiger partial charge >= 0.3 is 0 Å². The molecule has 1 fully saturated rings. The number of aliphatic imine (C=N–C) groups is 1. The second kappa shape index (κ2) is 3.81. The Hall–Kier alpha value is -1.38. The molecule has 3 rings (SSSR count). The molecule has 0 aromatic carbocycles. The summed E-state index contributed by atoms with van der Waals surface area (Å²) in [5, 5.41) is 8.84. The zero-order valence-corrected chi connectivity index (χ0v) is 10.7. The minimum atomic E-state index is -0.662. The summed E-state index contributed by atoms with van der Waals surface area (Å²) in [4.78, 5) is 22.3. The molecule has 92 valence electrons. The fourth-order valence-corrected chi connectivity index (χ4v) is 3.37. The van der Waals surface area contributed by atoms with Crippen LogP contribution in [0.5, 0.6) is 0 Å². The molecule has 1 saturated carbocycles. The normalized spacial score (nSPS) is 27.9. The number of hydrogen-bond acceptors (Lipinski definition) is 4. The molecule has 1 N–H and O–H groups in total. The molecule has 2 atom stereocenters. The van der Waals surface area contributed by atoms with Crippen LogP contribution in [0.15, 0.2) is 16.1 Å². The van der Waals surface area contributed by atoms with Gasteiger partial charge in [-0.25, -0.2) is 9.98 Å². The third-order valence-electron chi connectivity index (χ3n) is 3.51. The SMILES string of the molecule is N#CC1(C2C(Cl)=Nc3nc[nH]c(=O)c3C2Cl)CC1. The Morgan fingerprint density at radius 3 is 2.89 bits per heavy atom. The van der Waals surface area contributed by atoms with Gasteiger partial charge in [0.2, 0.25) is 0 Å². The van der Waals surface area contributed by atoms with Gasteiger partial charge < -0.3 is 4.98 Å². The van der Waals surface area contributed by atoms with E-state index in [1.165, 1.54) is 6.33 Å². The summed E-state index contributed by atoms with van der Waals surface area (Å²) in [5.41, 5.74) is -0.603. The van der Waals surface area contributed by atoms with Gasteiger partial charge in [-0.2, -0.15) is 5.26 Å². The summed E-state index contributed by atoms with van der Waals surface area (Å²) in [6.45, 7) is 0. The van der Waals surface area contributed by atoms with E-state index in [0.29, 0.717) is 5.56 Å². The number of H-pyrrole nitrogens is 1. The second-order valence-electron chi connectivity index (χ2n) is 4.55. The molecule has 1 aromatic rings. The lowest BCUT2D eigenvalue weighted by Gasteiger charge is -2.28. The lowest BCUT2D eigenvalue weighted by molar-refractivity contribution is 0.480. The summed E-state index contributed by atoms with van der Waals surface area (Å²) in [6.07, 6.45) is 2.73. The first-order valence-corrected chi connectivity index (χ1v) is 6.27. The summed E-state index contributed by atoms with van der Waals surface area (Å²) in [5.74, 6) is -0.183. The van der Waals surface area contributed by atoms with E-state index in [9.17, 15) is 10.1 Å². The smallest absolute Gasteiger partial charge is 0.257 e. The molecule has 18 heavy (non-hydrogen) atoms. The quantitative estimate of drug-likeness (QED) is 0.802. The average molecular weight is 283 g/mol. The van der Waals surface area contributed by atoms with Gasteiger partial charge in [0, 0.05) is 0 Å². The predicted octanol–water partition coefficient (Wildman–Crippen LogP) is 2.25. The van der Waals surface area contributed by atoms with Crippen LogP contribution >= 0.6 is 23.2 Å². The molecule has 1 aliphatic heterocycles. The number of rotatable bonds is 1. The molecule has 0 saturated heterocycles. The van der Waals surface area contributed by atoms with Crippen molar-refractivity contribution >= 4 is 34.2 Å². The zero-order valence-electron chi connectivity index (χ0n) is 9.15. The molecule has 1 aromatic heterocycles. The molecule has 1 aliphatic carbocycles. The predicted molar refractivity (Wildman–Crippen MR) is 67.2 cm³/mol. The number of aromatic amines is 1. The second-order valence-corrected chi connectivity index (χ2v) is 5.41. The first kappa shape index (κ1) is 11.7. The van der Waals surface area contributed by atoms with E-state index in [0.717, 1.165) is 12.8 Å². The number of aromatic nitrogens is 2. The molecule has 2 aliphatic rings. The molecule has 0 radical (unpaired) electrons. The molecule has 2 heterocycles. The molecule has 5 nitrogen and oxygen atoms in total. The van der Waals surface area contributed by atoms with Gasteiger partial charge in [0.1, 0.15) is 5.17 Å². The van der Waals surface area contributed by atoms with E-state index in [1.54, 1.807) is 0 Å². The number of nitrogens with one attached hydrogen (secondary N) is 1. The average Bonchev–Trinajstić information content (AvgIpc) is 3.09. The standard InChI is InChI=1S/C11H8Cl2N4O/c12-7-5-9(15-4-16-10(5)18)17-8(13)6(7)11(3-14)1-2-11/h4,6-7H,1-2H2,(H,15,16,18). The van der Waals surface area contributed by atoms with Crippen LogP contribution in [0.4, 0.5) is 5.82 Å². The molecule has 0 bridgehead atoms. The zero-order chi connectivity index (χ0) is 12.9. The van der Waals surface area contributed by atoms with Crippen LogP contribution in [0.3, 0.4) is 0 Å². The Kier molecular flexibility index (Phi) is 2.47. The number of halogens is 2. The van der Waals surface area contributed by atoms with Crippen LogP contribution in [-0.2, 0) is 0 Å². The van der Waals surface area contributed by atoms with Gasteiger partial charge in [-0.3, -0.25) is 4.79 Å². The fourth-order valence-electron chi connectivity index (χ4n) is 2.33. The van der Waals surface area contributed by atoms with E-state index in [4.69, 9.17) is 23.2 Å². The molecular weight excluding hydrogens is 275 g/mol. The Morgan fingerprint density at radius 2 is 2.28 bits per heavy atom. The Morgan fingerprint density at radius 1 is 1.56 bits per heavy atom. The number of hydrogen-bond donors (Lipinski definition) is 1. The molecule has 7 heteroatoms. The monoisotopic (exact) mass is 282 g/mol. The minimum Gasteiger partial charge on any atom is -0.313 e. The number of alkyl halides is 1. The molecule has 0 amide bonds. The van der Waals surface area contributed by atoms with Gasteiger partial charge in [-0.1, -0.05) is 11.6 Å². The topological polar surface area (TPSA) is 81.9 Å². The fraction of sp³-hybridized carbons (Fsp3) is 0.455. The van der Waals surface area contributed by atoms with Crippen molar-refractivity contribution in [2.75, 3.05) is 0 Å². The summed E-state index contributed by atoms with van der Waals surface area (Å²) < 4.78 is 0. The van der Waals surface area contributed by atoms with Crippen LogP contribution in [0.1, 0.15) is 23.8 Å². The van der Waals surface area contributed by atoms with E-state index < -0.39 is 16.7 Å². The van der Waals surface area contributed by atoms with Gasteiger partial charge in [0.05, 0.1) is 34.7 Å². The van der Waals surface area contributed by atoms with Crippen LogP contribution in [-0.4, -0.2) is 15.1 Å². The maximum Gasteiger partial charge on any atom is 0.257 e. The summed E-state index contributed by atoms with van der Waals surface area (Å²) in [7, 11) is 0. The third kappa shape index (κ3) is 1.49. The summed E-state index contributed by atoms with van der Waals surface area (Å²) >= 11 is 12.5. The van der Waals surface area contributed by atoms with Crippen LogP contribution in [0.2, 0.25) is 0 Å². The maximum absolute atomic E-state index is 11.8. The molecule has 2 unspecified atom stereocenters. The Labute approximate surface area is 112 Å². The van der Waals surface area contributed by atoms with Crippen molar-refractivity contribution in [3.05, 3.63) is 22.2 Å². The van der Waals surface area contributed by atoms with Crippen molar-refractivity contribution in [2.24, 2.45) is 16.3 Å². The van der Waals surface area contributed by atoms with E-state index >= 15 is 0 Å². The Bertz CT molecular complexity index is 641. The highest BCUT2D eigenvalue weighted by molar-refractivity contribution is 6.67.